The van der Waals surface area contributed by atoms with Gasteiger partial charge in [-0.05, 0) is 37.0 Å². The van der Waals surface area contributed by atoms with Crippen LogP contribution in [0.1, 0.15) is 43.0 Å². The number of carboxylic acids is 1. The summed E-state index contributed by atoms with van der Waals surface area (Å²) in [5.41, 5.74) is -0.899. The van der Waals surface area contributed by atoms with Gasteiger partial charge in [-0.1, -0.05) is 43.0 Å². The number of benzene rings is 1. The molecule has 1 fully saturated rings. The van der Waals surface area contributed by atoms with Gasteiger partial charge >= 0.3 is 5.97 Å². The average molecular weight is 330 g/mol. The van der Waals surface area contributed by atoms with Crippen LogP contribution in [-0.2, 0) is 4.79 Å². The number of carbonyl (C=O) groups excluding carboxylic acids is 1. The molecule has 2 atom stereocenters. The van der Waals surface area contributed by atoms with E-state index in [0.717, 1.165) is 19.3 Å². The zero-order valence-corrected chi connectivity index (χ0v) is 13.2. The van der Waals surface area contributed by atoms with Crippen LogP contribution < -0.4 is 5.32 Å². The second-order valence-electron chi connectivity index (χ2n) is 5.51. The molecular formula is C15H17Cl2NO3. The van der Waals surface area contributed by atoms with Crippen molar-refractivity contribution in [1.82, 2.24) is 5.32 Å². The second-order valence-corrected chi connectivity index (χ2v) is 6.32. The minimum absolute atomic E-state index is 0.115. The van der Waals surface area contributed by atoms with E-state index in [2.05, 4.69) is 5.32 Å². The van der Waals surface area contributed by atoms with Crippen LogP contribution in [0.2, 0.25) is 10.0 Å². The maximum atomic E-state index is 12.4. The summed E-state index contributed by atoms with van der Waals surface area (Å²) in [6, 6.07) is 4.51. The highest BCUT2D eigenvalue weighted by Crippen LogP contribution is 2.34. The average Bonchev–Trinajstić information content (AvgIpc) is 2.44. The lowest BCUT2D eigenvalue weighted by molar-refractivity contribution is -0.148. The molecule has 1 aliphatic carbocycles. The van der Waals surface area contributed by atoms with E-state index in [1.54, 1.807) is 0 Å². The predicted octanol–water partition coefficient (Wildman–Crippen LogP) is 3.76. The molecule has 2 N–H and O–H groups in total. The minimum atomic E-state index is -1.21. The van der Waals surface area contributed by atoms with E-state index in [0.29, 0.717) is 17.0 Å². The van der Waals surface area contributed by atoms with Crippen LogP contribution >= 0.6 is 23.2 Å². The molecule has 1 aromatic carbocycles. The van der Waals surface area contributed by atoms with Gasteiger partial charge in [0, 0.05) is 5.56 Å². The third-order valence-electron chi connectivity index (χ3n) is 4.20. The smallest absolute Gasteiger partial charge is 0.329 e. The van der Waals surface area contributed by atoms with E-state index in [1.165, 1.54) is 18.2 Å². The van der Waals surface area contributed by atoms with Gasteiger partial charge in [0.2, 0.25) is 0 Å². The monoisotopic (exact) mass is 329 g/mol. The molecule has 4 nitrogen and oxygen atoms in total. The number of carbonyl (C=O) groups is 2. The van der Waals surface area contributed by atoms with E-state index in [-0.39, 0.29) is 10.9 Å². The third kappa shape index (κ3) is 3.16. The minimum Gasteiger partial charge on any atom is -0.479 e. The highest BCUT2D eigenvalue weighted by Gasteiger charge is 2.46. The molecule has 0 bridgehead atoms. The fraction of sp³-hybridized carbons (Fsp3) is 0.467. The normalized spacial score (nSPS) is 25.4. The van der Waals surface area contributed by atoms with Gasteiger partial charge in [-0.3, -0.25) is 4.79 Å². The predicted molar refractivity (Wildman–Crippen MR) is 81.9 cm³/mol. The van der Waals surface area contributed by atoms with E-state index >= 15 is 0 Å². The lowest BCUT2D eigenvalue weighted by Gasteiger charge is -2.39. The van der Waals surface area contributed by atoms with Crippen LogP contribution in [0.5, 0.6) is 0 Å². The highest BCUT2D eigenvalue weighted by molar-refractivity contribution is 6.42. The van der Waals surface area contributed by atoms with Crippen molar-refractivity contribution in [3.8, 4) is 0 Å². The first-order chi connectivity index (χ1) is 9.86. The SMILES string of the molecule is CC1CCCCC1(NC(=O)c1ccc(Cl)c(Cl)c1)C(=O)O. The van der Waals surface area contributed by atoms with Gasteiger partial charge in [0.05, 0.1) is 10.0 Å². The van der Waals surface area contributed by atoms with Gasteiger partial charge in [0.1, 0.15) is 5.54 Å². The highest BCUT2D eigenvalue weighted by atomic mass is 35.5. The molecule has 1 aromatic rings. The quantitative estimate of drug-likeness (QED) is 0.887. The molecule has 0 spiro atoms. The number of hydrogen-bond acceptors (Lipinski definition) is 2. The maximum Gasteiger partial charge on any atom is 0.329 e. The van der Waals surface area contributed by atoms with E-state index in [1.807, 2.05) is 6.92 Å². The second kappa shape index (κ2) is 6.24. The van der Waals surface area contributed by atoms with E-state index in [9.17, 15) is 14.7 Å². The Hall–Kier alpha value is -1.26. The summed E-state index contributed by atoms with van der Waals surface area (Å²) in [7, 11) is 0. The summed E-state index contributed by atoms with van der Waals surface area (Å²) >= 11 is 11.7. The van der Waals surface area contributed by atoms with Crippen LogP contribution in [-0.4, -0.2) is 22.5 Å². The number of halogens is 2. The van der Waals surface area contributed by atoms with Crippen molar-refractivity contribution in [3.05, 3.63) is 33.8 Å². The first kappa shape index (κ1) is 16.1. The Bertz CT molecular complexity index is 576. The summed E-state index contributed by atoms with van der Waals surface area (Å²) < 4.78 is 0. The Kier molecular flexibility index (Phi) is 4.79. The Balaban J connectivity index is 2.26. The lowest BCUT2D eigenvalue weighted by Crippen LogP contribution is -2.60. The number of amides is 1. The number of hydrogen-bond donors (Lipinski definition) is 2. The van der Waals surface area contributed by atoms with Gasteiger partial charge in [-0.25, -0.2) is 4.79 Å². The van der Waals surface area contributed by atoms with Crippen molar-refractivity contribution in [2.75, 3.05) is 0 Å². The summed E-state index contributed by atoms with van der Waals surface area (Å²) in [6.45, 7) is 1.86. The molecule has 6 heteroatoms. The molecule has 114 valence electrons. The van der Waals surface area contributed by atoms with Gasteiger partial charge in [-0.15, -0.1) is 0 Å². The molecular weight excluding hydrogens is 313 g/mol. The number of carboxylic acid groups (broad SMARTS) is 1. The standard InChI is InChI=1S/C15H17Cl2NO3/c1-9-4-2-3-7-15(9,14(20)21)18-13(19)10-5-6-11(16)12(17)8-10/h5-6,8-9H,2-4,7H2,1H3,(H,18,19)(H,20,21). The Morgan fingerprint density at radius 3 is 2.57 bits per heavy atom. The Morgan fingerprint density at radius 2 is 2.00 bits per heavy atom. The molecule has 1 amide bonds. The molecule has 2 unspecified atom stereocenters. The first-order valence-corrected chi connectivity index (χ1v) is 7.63. The largest absolute Gasteiger partial charge is 0.479 e. The number of nitrogens with one attached hydrogen (secondary N) is 1. The van der Waals surface area contributed by atoms with Crippen molar-refractivity contribution in [2.45, 2.75) is 38.1 Å². The zero-order chi connectivity index (χ0) is 15.6. The Morgan fingerprint density at radius 1 is 1.29 bits per heavy atom. The fourth-order valence-corrected chi connectivity index (χ4v) is 3.11. The summed E-state index contributed by atoms with van der Waals surface area (Å²) in [5.74, 6) is -1.54. The van der Waals surface area contributed by atoms with Gasteiger partial charge in [0.15, 0.2) is 0 Å². The zero-order valence-electron chi connectivity index (χ0n) is 11.7. The molecule has 21 heavy (non-hydrogen) atoms. The molecule has 0 radical (unpaired) electrons. The van der Waals surface area contributed by atoms with Crippen molar-refractivity contribution in [2.24, 2.45) is 5.92 Å². The molecule has 0 aliphatic heterocycles. The Labute approximate surface area is 133 Å². The van der Waals surface area contributed by atoms with Gasteiger partial charge < -0.3 is 10.4 Å². The van der Waals surface area contributed by atoms with Crippen LogP contribution in [0.4, 0.5) is 0 Å². The van der Waals surface area contributed by atoms with Crippen LogP contribution in [0.25, 0.3) is 0 Å². The van der Waals surface area contributed by atoms with E-state index < -0.39 is 17.4 Å². The molecule has 0 aromatic heterocycles. The van der Waals surface area contributed by atoms with Gasteiger partial charge in [0.25, 0.3) is 5.91 Å². The molecule has 1 aliphatic rings. The van der Waals surface area contributed by atoms with E-state index in [4.69, 9.17) is 23.2 Å². The summed E-state index contributed by atoms with van der Waals surface area (Å²) in [6.07, 6.45) is 3.00. The number of rotatable bonds is 3. The maximum absolute atomic E-state index is 12.4. The lowest BCUT2D eigenvalue weighted by atomic mass is 9.73. The summed E-state index contributed by atoms with van der Waals surface area (Å²) in [5, 5.41) is 12.9. The van der Waals surface area contributed by atoms with Crippen molar-refractivity contribution >= 4 is 35.1 Å². The summed E-state index contributed by atoms with van der Waals surface area (Å²) in [4.78, 5) is 24.1. The van der Waals surface area contributed by atoms with Crippen molar-refractivity contribution in [3.63, 3.8) is 0 Å². The molecule has 0 heterocycles. The first-order valence-electron chi connectivity index (χ1n) is 6.88. The third-order valence-corrected chi connectivity index (χ3v) is 4.94. The molecule has 2 rings (SSSR count). The molecule has 1 saturated carbocycles. The van der Waals surface area contributed by atoms with Gasteiger partial charge in [-0.2, -0.15) is 0 Å². The topological polar surface area (TPSA) is 66.4 Å². The van der Waals surface area contributed by atoms with Crippen LogP contribution in [0, 0.1) is 5.92 Å². The van der Waals surface area contributed by atoms with Crippen LogP contribution in [0.3, 0.4) is 0 Å². The van der Waals surface area contributed by atoms with Crippen molar-refractivity contribution in [1.29, 1.82) is 0 Å². The number of aliphatic carboxylic acids is 1. The fourth-order valence-electron chi connectivity index (χ4n) is 2.82. The van der Waals surface area contributed by atoms with Crippen molar-refractivity contribution < 1.29 is 14.7 Å². The molecule has 0 saturated heterocycles. The van der Waals surface area contributed by atoms with Crippen LogP contribution in [0.15, 0.2) is 18.2 Å².